The Morgan fingerprint density at radius 2 is 2.08 bits per heavy atom. The maximum Gasteiger partial charge on any atom is 0.145 e. The van der Waals surface area contributed by atoms with Crippen LogP contribution in [0.2, 0.25) is 0 Å². The van der Waals surface area contributed by atoms with Crippen LogP contribution in [-0.2, 0) is 0 Å². The number of hydrogen-bond acceptors (Lipinski definition) is 3. The number of hydrogen-bond donors (Lipinski definition) is 1. The quantitative estimate of drug-likeness (QED) is 0.844. The molecule has 1 aromatic heterocycles. The van der Waals surface area contributed by atoms with Crippen LogP contribution < -0.4 is 5.32 Å². The molecule has 0 amide bonds. The molecule has 0 radical (unpaired) electrons. The maximum atomic E-state index is 4.24. The van der Waals surface area contributed by atoms with Gasteiger partial charge in [0, 0.05) is 12.4 Å². The van der Waals surface area contributed by atoms with Gasteiger partial charge < -0.3 is 5.32 Å². The van der Waals surface area contributed by atoms with Gasteiger partial charge in [0.15, 0.2) is 0 Å². The van der Waals surface area contributed by atoms with Crippen molar-refractivity contribution in [3.63, 3.8) is 0 Å². The van der Waals surface area contributed by atoms with Gasteiger partial charge in [-0.25, -0.2) is 9.97 Å². The van der Waals surface area contributed by atoms with Gasteiger partial charge >= 0.3 is 0 Å². The van der Waals surface area contributed by atoms with Crippen molar-refractivity contribution in [2.75, 3.05) is 6.54 Å². The molecule has 5 heteroatoms. The van der Waals surface area contributed by atoms with Crippen LogP contribution in [0.15, 0.2) is 16.9 Å². The zero-order valence-electron chi connectivity index (χ0n) is 7.03. The summed E-state index contributed by atoms with van der Waals surface area (Å²) < 4.78 is 0.934. The van der Waals surface area contributed by atoms with Crippen molar-refractivity contribution in [3.05, 3.63) is 22.7 Å². The normalized spacial score (nSPS) is 21.2. The topological polar surface area (TPSA) is 37.8 Å². The third-order valence-electron chi connectivity index (χ3n) is 2.01. The predicted molar refractivity (Wildman–Crippen MR) is 57.0 cm³/mol. The number of halogens is 2. The fraction of sp³-hybridized carbons (Fsp3) is 0.500. The molecule has 13 heavy (non-hydrogen) atoms. The second-order valence-electron chi connectivity index (χ2n) is 2.91. The van der Waals surface area contributed by atoms with E-state index in [4.69, 9.17) is 0 Å². The van der Waals surface area contributed by atoms with Crippen molar-refractivity contribution < 1.29 is 0 Å². The first-order valence-corrected chi connectivity index (χ1v) is 4.86. The molecule has 0 aromatic carbocycles. The summed E-state index contributed by atoms with van der Waals surface area (Å²) in [5.41, 5.74) is 0. The Labute approximate surface area is 91.9 Å². The first-order valence-electron chi connectivity index (χ1n) is 4.07. The van der Waals surface area contributed by atoms with E-state index in [9.17, 15) is 0 Å². The molecule has 1 saturated heterocycles. The predicted octanol–water partition coefficient (Wildman–Crippen LogP) is 2.09. The Morgan fingerprint density at radius 3 is 2.62 bits per heavy atom. The van der Waals surface area contributed by atoms with E-state index < -0.39 is 0 Å². The number of nitrogens with one attached hydrogen (secondary N) is 1. The Hall–Kier alpha value is -0.190. The van der Waals surface area contributed by atoms with E-state index in [1.54, 1.807) is 12.4 Å². The third-order valence-corrected chi connectivity index (χ3v) is 2.42. The minimum absolute atomic E-state index is 0. The minimum Gasteiger partial charge on any atom is -0.307 e. The van der Waals surface area contributed by atoms with Gasteiger partial charge in [-0.3, -0.25) is 0 Å². The van der Waals surface area contributed by atoms with Gasteiger partial charge in [0.25, 0.3) is 0 Å². The van der Waals surface area contributed by atoms with Gasteiger partial charge in [0.2, 0.25) is 0 Å². The Morgan fingerprint density at radius 1 is 1.38 bits per heavy atom. The molecule has 1 atom stereocenters. The summed E-state index contributed by atoms with van der Waals surface area (Å²) in [6, 6.07) is 0.373. The summed E-state index contributed by atoms with van der Waals surface area (Å²) >= 11 is 3.31. The lowest BCUT2D eigenvalue weighted by molar-refractivity contribution is 0.604. The van der Waals surface area contributed by atoms with Crippen molar-refractivity contribution in [2.24, 2.45) is 0 Å². The maximum absolute atomic E-state index is 4.24. The average molecular weight is 265 g/mol. The first-order chi connectivity index (χ1) is 5.86. The summed E-state index contributed by atoms with van der Waals surface area (Å²) in [6.45, 7) is 1.09. The van der Waals surface area contributed by atoms with Crippen LogP contribution in [0, 0.1) is 0 Å². The highest BCUT2D eigenvalue weighted by molar-refractivity contribution is 9.10. The Balaban J connectivity index is 0.000000845. The zero-order chi connectivity index (χ0) is 8.39. The van der Waals surface area contributed by atoms with Crippen molar-refractivity contribution in [1.82, 2.24) is 15.3 Å². The van der Waals surface area contributed by atoms with Crippen LogP contribution in [0.3, 0.4) is 0 Å². The smallest absolute Gasteiger partial charge is 0.145 e. The van der Waals surface area contributed by atoms with Crippen LogP contribution in [0.4, 0.5) is 0 Å². The molecular formula is C8H11BrClN3. The molecule has 1 aliphatic heterocycles. The van der Waals surface area contributed by atoms with Crippen LogP contribution in [0.5, 0.6) is 0 Å². The largest absolute Gasteiger partial charge is 0.307 e. The molecule has 0 spiro atoms. The van der Waals surface area contributed by atoms with Gasteiger partial charge in [0.1, 0.15) is 5.82 Å². The summed E-state index contributed by atoms with van der Waals surface area (Å²) in [5, 5.41) is 3.35. The van der Waals surface area contributed by atoms with Crippen molar-refractivity contribution in [1.29, 1.82) is 0 Å². The van der Waals surface area contributed by atoms with E-state index in [0.717, 1.165) is 23.3 Å². The summed E-state index contributed by atoms with van der Waals surface area (Å²) in [6.07, 6.45) is 5.97. The van der Waals surface area contributed by atoms with E-state index in [1.165, 1.54) is 6.42 Å². The second kappa shape index (κ2) is 4.88. The van der Waals surface area contributed by atoms with Gasteiger partial charge in [0.05, 0.1) is 10.5 Å². The average Bonchev–Trinajstić information content (AvgIpc) is 2.58. The van der Waals surface area contributed by atoms with Crippen molar-refractivity contribution >= 4 is 28.3 Å². The summed E-state index contributed by atoms with van der Waals surface area (Å²) in [4.78, 5) is 8.48. The summed E-state index contributed by atoms with van der Waals surface area (Å²) in [7, 11) is 0. The third kappa shape index (κ3) is 2.62. The van der Waals surface area contributed by atoms with E-state index in [0.29, 0.717) is 6.04 Å². The van der Waals surface area contributed by atoms with Gasteiger partial charge in [-0.05, 0) is 35.3 Å². The molecule has 1 fully saturated rings. The fourth-order valence-electron chi connectivity index (χ4n) is 1.41. The van der Waals surface area contributed by atoms with Crippen LogP contribution in [-0.4, -0.2) is 16.5 Å². The highest BCUT2D eigenvalue weighted by Crippen LogP contribution is 2.19. The molecule has 1 aliphatic rings. The molecule has 1 unspecified atom stereocenters. The molecule has 0 aliphatic carbocycles. The molecule has 0 saturated carbocycles. The Kier molecular flexibility index (Phi) is 4.09. The highest BCUT2D eigenvalue weighted by atomic mass is 79.9. The van der Waals surface area contributed by atoms with Crippen LogP contribution >= 0.6 is 28.3 Å². The first kappa shape index (κ1) is 10.9. The van der Waals surface area contributed by atoms with Crippen molar-refractivity contribution in [3.8, 4) is 0 Å². The summed E-state index contributed by atoms with van der Waals surface area (Å²) in [5.74, 6) is 0.913. The standard InChI is InChI=1S/C8H10BrN3.ClH/c9-6-4-11-8(12-5-6)7-2-1-3-10-7;/h4-5,7,10H,1-3H2;1H. The number of aromatic nitrogens is 2. The molecular weight excluding hydrogens is 253 g/mol. The van der Waals surface area contributed by atoms with Crippen molar-refractivity contribution in [2.45, 2.75) is 18.9 Å². The minimum atomic E-state index is 0. The molecule has 2 rings (SSSR count). The monoisotopic (exact) mass is 263 g/mol. The lowest BCUT2D eigenvalue weighted by atomic mass is 10.2. The van der Waals surface area contributed by atoms with Crippen LogP contribution in [0.25, 0.3) is 0 Å². The lowest BCUT2D eigenvalue weighted by Crippen LogP contribution is -2.15. The SMILES string of the molecule is Brc1cnc(C2CCCN2)nc1.Cl. The molecule has 0 bridgehead atoms. The number of nitrogens with zero attached hydrogens (tertiary/aromatic N) is 2. The zero-order valence-corrected chi connectivity index (χ0v) is 9.44. The Bertz CT molecular complexity index is 259. The van der Waals surface area contributed by atoms with E-state index in [1.807, 2.05) is 0 Å². The molecule has 72 valence electrons. The van der Waals surface area contributed by atoms with Gasteiger partial charge in [-0.15, -0.1) is 12.4 Å². The molecule has 1 N–H and O–H groups in total. The second-order valence-corrected chi connectivity index (χ2v) is 3.82. The van der Waals surface area contributed by atoms with Gasteiger partial charge in [-0.2, -0.15) is 0 Å². The van der Waals surface area contributed by atoms with E-state index in [-0.39, 0.29) is 12.4 Å². The van der Waals surface area contributed by atoms with E-state index in [2.05, 4.69) is 31.2 Å². The van der Waals surface area contributed by atoms with E-state index >= 15 is 0 Å². The molecule has 1 aromatic rings. The van der Waals surface area contributed by atoms with Gasteiger partial charge in [-0.1, -0.05) is 0 Å². The lowest BCUT2D eigenvalue weighted by Gasteiger charge is -2.06. The van der Waals surface area contributed by atoms with Crippen LogP contribution in [0.1, 0.15) is 24.7 Å². The highest BCUT2D eigenvalue weighted by Gasteiger charge is 2.17. The molecule has 2 heterocycles. The molecule has 3 nitrogen and oxygen atoms in total. The fourth-order valence-corrected chi connectivity index (χ4v) is 1.61. The number of rotatable bonds is 1.